The smallest absolute Gasteiger partial charge is 0.0108 e. The Bertz CT molecular complexity index is 215. The maximum atomic E-state index is 3.79. The summed E-state index contributed by atoms with van der Waals surface area (Å²) in [7, 11) is 2.31. The van der Waals surface area contributed by atoms with Crippen LogP contribution in [0.2, 0.25) is 0 Å². The maximum absolute atomic E-state index is 3.79. The number of hydrogen-bond donors (Lipinski definition) is 1. The first-order chi connectivity index (χ1) is 9.17. The zero-order valence-corrected chi connectivity index (χ0v) is 13.8. The summed E-state index contributed by atoms with van der Waals surface area (Å²) in [6.45, 7) is 10.7. The molecule has 0 aromatic carbocycles. The van der Waals surface area contributed by atoms with Gasteiger partial charge in [-0.3, -0.25) is 0 Å². The fourth-order valence-corrected chi connectivity index (χ4v) is 3.42. The number of unbranched alkanes of at least 4 members (excludes halogenated alkanes) is 2. The predicted octanol–water partition coefficient (Wildman–Crippen LogP) is 3.91. The first kappa shape index (κ1) is 17.0. The van der Waals surface area contributed by atoms with Crippen LogP contribution in [-0.4, -0.2) is 37.6 Å². The molecule has 0 aromatic rings. The van der Waals surface area contributed by atoms with E-state index in [9.17, 15) is 0 Å². The Morgan fingerprint density at radius 1 is 1.11 bits per heavy atom. The van der Waals surface area contributed by atoms with Crippen LogP contribution in [0.1, 0.15) is 65.7 Å². The molecule has 1 rings (SSSR count). The van der Waals surface area contributed by atoms with Crippen LogP contribution >= 0.6 is 0 Å². The molecule has 1 aliphatic rings. The van der Waals surface area contributed by atoms with E-state index >= 15 is 0 Å². The van der Waals surface area contributed by atoms with Crippen LogP contribution in [0.5, 0.6) is 0 Å². The summed E-state index contributed by atoms with van der Waals surface area (Å²) >= 11 is 0. The summed E-state index contributed by atoms with van der Waals surface area (Å²) in [5.74, 6) is 1.79. The molecule has 1 aliphatic carbocycles. The van der Waals surface area contributed by atoms with Crippen molar-refractivity contribution in [3.8, 4) is 0 Å². The lowest BCUT2D eigenvalue weighted by atomic mass is 9.78. The molecule has 3 atom stereocenters. The molecule has 0 saturated heterocycles. The van der Waals surface area contributed by atoms with Crippen molar-refractivity contribution in [2.75, 3.05) is 26.7 Å². The van der Waals surface area contributed by atoms with Crippen molar-refractivity contribution < 1.29 is 0 Å². The summed E-state index contributed by atoms with van der Waals surface area (Å²) in [5, 5.41) is 3.79. The molecule has 0 amide bonds. The molecule has 0 aromatic heterocycles. The molecule has 0 heterocycles. The van der Waals surface area contributed by atoms with Crippen molar-refractivity contribution in [1.29, 1.82) is 0 Å². The minimum absolute atomic E-state index is 0.768. The SMILES string of the molecule is CCCCCN(C)CC1CC(C)CCC1NCCC. The fourth-order valence-electron chi connectivity index (χ4n) is 3.42. The molecule has 3 unspecified atom stereocenters. The van der Waals surface area contributed by atoms with Gasteiger partial charge >= 0.3 is 0 Å². The van der Waals surface area contributed by atoms with Crippen LogP contribution < -0.4 is 5.32 Å². The fraction of sp³-hybridized carbons (Fsp3) is 1.00. The van der Waals surface area contributed by atoms with E-state index in [1.54, 1.807) is 0 Å². The molecule has 0 aliphatic heterocycles. The second kappa shape index (κ2) is 9.77. The van der Waals surface area contributed by atoms with Crippen molar-refractivity contribution in [2.24, 2.45) is 11.8 Å². The number of hydrogen-bond acceptors (Lipinski definition) is 2. The predicted molar refractivity (Wildman–Crippen MR) is 85.6 cm³/mol. The van der Waals surface area contributed by atoms with Gasteiger partial charge in [0.25, 0.3) is 0 Å². The Labute approximate surface area is 121 Å². The number of nitrogens with one attached hydrogen (secondary N) is 1. The van der Waals surface area contributed by atoms with Crippen LogP contribution in [0.15, 0.2) is 0 Å². The summed E-state index contributed by atoms with van der Waals surface area (Å²) in [4.78, 5) is 2.57. The van der Waals surface area contributed by atoms with Gasteiger partial charge < -0.3 is 10.2 Å². The maximum Gasteiger partial charge on any atom is 0.0108 e. The first-order valence-electron chi connectivity index (χ1n) is 8.59. The summed E-state index contributed by atoms with van der Waals surface area (Å²) in [6, 6.07) is 0.768. The van der Waals surface area contributed by atoms with E-state index < -0.39 is 0 Å². The van der Waals surface area contributed by atoms with Crippen molar-refractivity contribution in [2.45, 2.75) is 71.8 Å². The summed E-state index contributed by atoms with van der Waals surface area (Å²) in [5.41, 5.74) is 0. The van der Waals surface area contributed by atoms with Crippen LogP contribution in [0.25, 0.3) is 0 Å². The van der Waals surface area contributed by atoms with Crippen molar-refractivity contribution in [1.82, 2.24) is 10.2 Å². The second-order valence-corrected chi connectivity index (χ2v) is 6.71. The molecule has 0 radical (unpaired) electrons. The Morgan fingerprint density at radius 2 is 1.89 bits per heavy atom. The zero-order chi connectivity index (χ0) is 14.1. The highest BCUT2D eigenvalue weighted by Gasteiger charge is 2.28. The Balaban J connectivity index is 2.35. The number of rotatable bonds is 9. The first-order valence-corrected chi connectivity index (χ1v) is 8.59. The normalized spacial score (nSPS) is 27.9. The second-order valence-electron chi connectivity index (χ2n) is 6.71. The average molecular weight is 268 g/mol. The van der Waals surface area contributed by atoms with Gasteiger partial charge in [-0.2, -0.15) is 0 Å². The minimum atomic E-state index is 0.768. The summed E-state index contributed by atoms with van der Waals surface area (Å²) < 4.78 is 0. The molecule has 2 nitrogen and oxygen atoms in total. The highest BCUT2D eigenvalue weighted by atomic mass is 15.1. The van der Waals surface area contributed by atoms with Crippen LogP contribution in [-0.2, 0) is 0 Å². The van der Waals surface area contributed by atoms with E-state index in [1.165, 1.54) is 64.6 Å². The van der Waals surface area contributed by atoms with Crippen LogP contribution in [0.3, 0.4) is 0 Å². The van der Waals surface area contributed by atoms with Crippen LogP contribution in [0, 0.1) is 11.8 Å². The van der Waals surface area contributed by atoms with Gasteiger partial charge in [0.1, 0.15) is 0 Å². The van der Waals surface area contributed by atoms with E-state index in [0.717, 1.165) is 17.9 Å². The van der Waals surface area contributed by atoms with Gasteiger partial charge in [-0.1, -0.05) is 33.6 Å². The molecule has 1 fully saturated rings. The highest BCUT2D eigenvalue weighted by molar-refractivity contribution is 4.85. The average Bonchev–Trinajstić information content (AvgIpc) is 2.38. The molecule has 0 spiro atoms. The lowest BCUT2D eigenvalue weighted by Gasteiger charge is -2.37. The van der Waals surface area contributed by atoms with Crippen molar-refractivity contribution in [3.05, 3.63) is 0 Å². The Hall–Kier alpha value is -0.0800. The third-order valence-electron chi connectivity index (χ3n) is 4.59. The van der Waals surface area contributed by atoms with Crippen molar-refractivity contribution >= 4 is 0 Å². The van der Waals surface area contributed by atoms with E-state index in [0.29, 0.717) is 0 Å². The summed E-state index contributed by atoms with van der Waals surface area (Å²) in [6.07, 6.45) is 9.54. The Morgan fingerprint density at radius 3 is 2.58 bits per heavy atom. The lowest BCUT2D eigenvalue weighted by Crippen LogP contribution is -2.45. The Kier molecular flexibility index (Phi) is 8.72. The zero-order valence-electron chi connectivity index (χ0n) is 13.8. The quantitative estimate of drug-likeness (QED) is 0.638. The van der Waals surface area contributed by atoms with Gasteiger partial charge in [-0.15, -0.1) is 0 Å². The van der Waals surface area contributed by atoms with Gasteiger partial charge in [0, 0.05) is 12.6 Å². The van der Waals surface area contributed by atoms with E-state index in [-0.39, 0.29) is 0 Å². The van der Waals surface area contributed by atoms with Gasteiger partial charge in [-0.05, 0) is 64.1 Å². The van der Waals surface area contributed by atoms with Gasteiger partial charge in [0.05, 0.1) is 0 Å². The molecule has 1 N–H and O–H groups in total. The molecule has 2 heteroatoms. The van der Waals surface area contributed by atoms with Gasteiger partial charge in [0.2, 0.25) is 0 Å². The van der Waals surface area contributed by atoms with E-state index in [4.69, 9.17) is 0 Å². The lowest BCUT2D eigenvalue weighted by molar-refractivity contribution is 0.159. The molecular formula is C17H36N2. The molecular weight excluding hydrogens is 232 g/mol. The molecule has 114 valence electrons. The minimum Gasteiger partial charge on any atom is -0.314 e. The topological polar surface area (TPSA) is 15.3 Å². The van der Waals surface area contributed by atoms with Gasteiger partial charge in [-0.25, -0.2) is 0 Å². The van der Waals surface area contributed by atoms with E-state index in [2.05, 4.69) is 38.0 Å². The van der Waals surface area contributed by atoms with E-state index in [1.807, 2.05) is 0 Å². The largest absolute Gasteiger partial charge is 0.314 e. The third-order valence-corrected chi connectivity index (χ3v) is 4.59. The molecule has 0 bridgehead atoms. The highest BCUT2D eigenvalue weighted by Crippen LogP contribution is 2.29. The van der Waals surface area contributed by atoms with Crippen molar-refractivity contribution in [3.63, 3.8) is 0 Å². The van der Waals surface area contributed by atoms with Gasteiger partial charge in [0.15, 0.2) is 0 Å². The van der Waals surface area contributed by atoms with Crippen LogP contribution in [0.4, 0.5) is 0 Å². The monoisotopic (exact) mass is 268 g/mol. The molecule has 1 saturated carbocycles. The number of nitrogens with zero attached hydrogens (tertiary/aromatic N) is 1. The standard InChI is InChI=1S/C17H36N2/c1-5-7-8-12-19(4)14-16-13-15(3)9-10-17(16)18-11-6-2/h15-18H,5-14H2,1-4H3. The third kappa shape index (κ3) is 6.76. The molecule has 19 heavy (non-hydrogen) atoms.